The highest BCUT2D eigenvalue weighted by atomic mass is 16.3. The van der Waals surface area contributed by atoms with E-state index in [0.29, 0.717) is 19.1 Å². The Morgan fingerprint density at radius 2 is 1.88 bits per heavy atom. The lowest BCUT2D eigenvalue weighted by molar-refractivity contribution is -0.137. The summed E-state index contributed by atoms with van der Waals surface area (Å²) in [5, 5.41) is 17.0. The van der Waals surface area contributed by atoms with E-state index in [1.54, 1.807) is 0 Å². The van der Waals surface area contributed by atoms with Crippen LogP contribution in [-0.2, 0) is 4.79 Å². The van der Waals surface area contributed by atoms with Crippen LogP contribution in [0.4, 0.5) is 11.8 Å². The van der Waals surface area contributed by atoms with Gasteiger partial charge in [0.2, 0.25) is 11.9 Å². The Balaban J connectivity index is 1.50. The summed E-state index contributed by atoms with van der Waals surface area (Å²) in [7, 11) is 0. The molecule has 4 rings (SSSR count). The molecule has 3 aliphatic rings. The van der Waals surface area contributed by atoms with Gasteiger partial charge in [-0.3, -0.25) is 9.69 Å². The standard InChI is InChI=1S/C31H55N7O2/c1-3-10-26(4-2)38-21-9-11-27(34-31-33-18-14-29(35-31)36-19-7-5-6-8-20-36)28(38)15-22-37(23-24-39)30(40)25-12-16-32-17-13-25/h14,18,25-28,32,39H,3-13,15-17,19-24H2,1-2H3,(H,33,34,35)/t26?,27-,28+/m0/s1. The molecule has 0 bridgehead atoms. The third-order valence-electron chi connectivity index (χ3n) is 9.33. The summed E-state index contributed by atoms with van der Waals surface area (Å²) in [6, 6.07) is 3.10. The van der Waals surface area contributed by atoms with E-state index in [9.17, 15) is 9.90 Å². The molecule has 3 aliphatic heterocycles. The number of amides is 1. The Kier molecular flexibility index (Phi) is 12.8. The van der Waals surface area contributed by atoms with E-state index >= 15 is 0 Å². The SMILES string of the molecule is CCCC(CC)N1CCC[C@H](Nc2nccc(N3CCCCCC3)n2)[C@H]1CCN(CCO)C(=O)C1CCNCC1. The monoisotopic (exact) mass is 557 g/mol. The molecular weight excluding hydrogens is 502 g/mol. The Morgan fingerprint density at radius 1 is 1.10 bits per heavy atom. The van der Waals surface area contributed by atoms with Crippen molar-refractivity contribution in [3.05, 3.63) is 12.3 Å². The fourth-order valence-electron chi connectivity index (χ4n) is 7.14. The third-order valence-corrected chi connectivity index (χ3v) is 9.33. The van der Waals surface area contributed by atoms with Crippen molar-refractivity contribution in [3.63, 3.8) is 0 Å². The first-order chi connectivity index (χ1) is 19.6. The molecule has 0 spiro atoms. The van der Waals surface area contributed by atoms with Gasteiger partial charge in [0.1, 0.15) is 5.82 Å². The number of hydrogen-bond donors (Lipinski definition) is 3. The molecule has 40 heavy (non-hydrogen) atoms. The number of rotatable bonds is 13. The van der Waals surface area contributed by atoms with Gasteiger partial charge in [0, 0.05) is 56.4 Å². The molecule has 3 N–H and O–H groups in total. The molecule has 3 saturated heterocycles. The number of likely N-dealkylation sites (tertiary alicyclic amines) is 1. The minimum atomic E-state index is 0.0112. The first-order valence-corrected chi connectivity index (χ1v) is 16.3. The molecule has 9 nitrogen and oxygen atoms in total. The summed E-state index contributed by atoms with van der Waals surface area (Å²) in [5.41, 5.74) is 0. The lowest BCUT2D eigenvalue weighted by Crippen LogP contribution is -2.56. The van der Waals surface area contributed by atoms with Crippen molar-refractivity contribution in [2.45, 2.75) is 109 Å². The predicted octanol–water partition coefficient (Wildman–Crippen LogP) is 3.89. The number of nitrogens with one attached hydrogen (secondary N) is 2. The maximum absolute atomic E-state index is 13.5. The van der Waals surface area contributed by atoms with Gasteiger partial charge < -0.3 is 25.5 Å². The highest BCUT2D eigenvalue weighted by molar-refractivity contribution is 5.79. The van der Waals surface area contributed by atoms with Gasteiger partial charge in [-0.1, -0.05) is 33.1 Å². The number of anilines is 2. The van der Waals surface area contributed by atoms with E-state index in [-0.39, 0.29) is 30.5 Å². The molecule has 3 atom stereocenters. The van der Waals surface area contributed by atoms with E-state index in [0.717, 1.165) is 83.0 Å². The Labute approximate surface area is 242 Å². The van der Waals surface area contributed by atoms with Crippen LogP contribution < -0.4 is 15.5 Å². The normalized spacial score (nSPS) is 23.9. The van der Waals surface area contributed by atoms with Crippen LogP contribution in [-0.4, -0.2) is 101 Å². The van der Waals surface area contributed by atoms with Crippen LogP contribution in [0.3, 0.4) is 0 Å². The van der Waals surface area contributed by atoms with Crippen LogP contribution in [0, 0.1) is 5.92 Å². The molecule has 1 aromatic rings. The van der Waals surface area contributed by atoms with Crippen LogP contribution >= 0.6 is 0 Å². The van der Waals surface area contributed by atoms with Crippen molar-refractivity contribution >= 4 is 17.7 Å². The van der Waals surface area contributed by atoms with Crippen molar-refractivity contribution in [2.75, 3.05) is 62.6 Å². The van der Waals surface area contributed by atoms with E-state index in [2.05, 4.69) is 45.3 Å². The van der Waals surface area contributed by atoms with Gasteiger partial charge in [-0.2, -0.15) is 4.98 Å². The lowest BCUT2D eigenvalue weighted by Gasteiger charge is -2.46. The van der Waals surface area contributed by atoms with E-state index in [4.69, 9.17) is 4.98 Å². The largest absolute Gasteiger partial charge is 0.395 e. The van der Waals surface area contributed by atoms with Gasteiger partial charge in [0.05, 0.1) is 6.61 Å². The summed E-state index contributed by atoms with van der Waals surface area (Å²) in [5.74, 6) is 2.04. The zero-order valence-electron chi connectivity index (χ0n) is 25.2. The van der Waals surface area contributed by atoms with Crippen LogP contribution in [0.1, 0.15) is 90.9 Å². The number of nitrogens with zero attached hydrogens (tertiary/aromatic N) is 5. The van der Waals surface area contributed by atoms with Crippen molar-refractivity contribution in [1.29, 1.82) is 0 Å². The predicted molar refractivity (Wildman–Crippen MR) is 163 cm³/mol. The second-order valence-electron chi connectivity index (χ2n) is 12.1. The van der Waals surface area contributed by atoms with Crippen LogP contribution in [0.15, 0.2) is 12.3 Å². The number of aromatic nitrogens is 2. The van der Waals surface area contributed by atoms with Gasteiger partial charge in [-0.25, -0.2) is 4.98 Å². The number of aliphatic hydroxyl groups excluding tert-OH is 1. The maximum atomic E-state index is 13.5. The van der Waals surface area contributed by atoms with Crippen LogP contribution in [0.2, 0.25) is 0 Å². The van der Waals surface area contributed by atoms with Gasteiger partial charge in [0.15, 0.2) is 0 Å². The van der Waals surface area contributed by atoms with E-state index in [1.807, 2.05) is 11.1 Å². The molecule has 226 valence electrons. The highest BCUT2D eigenvalue weighted by Crippen LogP contribution is 2.29. The summed E-state index contributed by atoms with van der Waals surface area (Å²) < 4.78 is 0. The molecule has 1 unspecified atom stereocenters. The Hall–Kier alpha value is -1.97. The van der Waals surface area contributed by atoms with Crippen molar-refractivity contribution in [2.24, 2.45) is 5.92 Å². The maximum Gasteiger partial charge on any atom is 0.225 e. The minimum Gasteiger partial charge on any atom is -0.395 e. The molecule has 0 aromatic carbocycles. The molecule has 1 amide bonds. The van der Waals surface area contributed by atoms with Gasteiger partial charge in [-0.15, -0.1) is 0 Å². The quantitative estimate of drug-likeness (QED) is 0.336. The molecule has 0 saturated carbocycles. The fourth-order valence-corrected chi connectivity index (χ4v) is 7.14. The van der Waals surface area contributed by atoms with Crippen molar-refractivity contribution in [1.82, 2.24) is 25.1 Å². The van der Waals surface area contributed by atoms with E-state index in [1.165, 1.54) is 38.5 Å². The molecule has 4 heterocycles. The van der Waals surface area contributed by atoms with Crippen molar-refractivity contribution in [3.8, 4) is 0 Å². The third kappa shape index (κ3) is 8.52. The number of aliphatic hydroxyl groups is 1. The molecule has 0 aliphatic carbocycles. The number of hydrogen-bond acceptors (Lipinski definition) is 8. The number of piperidine rings is 2. The summed E-state index contributed by atoms with van der Waals surface area (Å²) in [6.45, 7) is 10.7. The molecule has 3 fully saturated rings. The average Bonchev–Trinajstić information content (AvgIpc) is 3.29. The lowest BCUT2D eigenvalue weighted by atomic mass is 9.90. The second-order valence-corrected chi connectivity index (χ2v) is 12.1. The van der Waals surface area contributed by atoms with Gasteiger partial charge in [-0.05, 0) is 83.5 Å². The zero-order chi connectivity index (χ0) is 28.2. The van der Waals surface area contributed by atoms with Crippen molar-refractivity contribution < 1.29 is 9.90 Å². The Morgan fingerprint density at radius 3 is 2.58 bits per heavy atom. The zero-order valence-corrected chi connectivity index (χ0v) is 25.2. The average molecular weight is 558 g/mol. The molecule has 0 radical (unpaired) electrons. The van der Waals surface area contributed by atoms with E-state index < -0.39 is 0 Å². The van der Waals surface area contributed by atoms with Gasteiger partial charge >= 0.3 is 0 Å². The smallest absolute Gasteiger partial charge is 0.225 e. The van der Waals surface area contributed by atoms with Crippen LogP contribution in [0.25, 0.3) is 0 Å². The summed E-state index contributed by atoms with van der Waals surface area (Å²) in [4.78, 5) is 30.2. The molecular formula is C31H55N7O2. The van der Waals surface area contributed by atoms with Gasteiger partial charge in [0.25, 0.3) is 0 Å². The summed E-state index contributed by atoms with van der Waals surface area (Å²) in [6.07, 6.45) is 15.3. The molecule has 9 heteroatoms. The second kappa shape index (κ2) is 16.5. The first-order valence-electron chi connectivity index (χ1n) is 16.3. The summed E-state index contributed by atoms with van der Waals surface area (Å²) >= 11 is 0. The molecule has 1 aromatic heterocycles. The van der Waals surface area contributed by atoms with Crippen LogP contribution in [0.5, 0.6) is 0 Å². The first kappa shape index (κ1) is 31.0. The Bertz CT molecular complexity index is 873. The topological polar surface area (TPSA) is 96.9 Å². The number of carbonyl (C=O) groups is 1. The fraction of sp³-hybridized carbons (Fsp3) is 0.839. The number of carbonyl (C=O) groups excluding carboxylic acids is 1. The highest BCUT2D eigenvalue weighted by Gasteiger charge is 2.36. The minimum absolute atomic E-state index is 0.0112.